The summed E-state index contributed by atoms with van der Waals surface area (Å²) in [6.45, 7) is 2.15. The molecule has 3 rings (SSSR count). The molecular weight excluding hydrogens is 264 g/mol. The topological polar surface area (TPSA) is 72.9 Å². The van der Waals surface area contributed by atoms with E-state index in [9.17, 15) is 4.79 Å². The van der Waals surface area contributed by atoms with Crippen molar-refractivity contribution in [3.8, 4) is 5.69 Å². The van der Waals surface area contributed by atoms with Crippen LogP contribution in [0.2, 0.25) is 0 Å². The molecule has 3 N–H and O–H groups in total. The summed E-state index contributed by atoms with van der Waals surface area (Å²) in [6.07, 6.45) is 2.36. The number of carbonyl (C=O) groups is 1. The highest BCUT2D eigenvalue weighted by Gasteiger charge is 2.28. The second-order valence-electron chi connectivity index (χ2n) is 5.60. The van der Waals surface area contributed by atoms with E-state index in [-0.39, 0.29) is 11.8 Å². The Morgan fingerprint density at radius 1 is 1.43 bits per heavy atom. The molecular formula is C16H20N4O. The molecule has 0 radical (unpaired) electrons. The molecule has 2 aromatic rings. The van der Waals surface area contributed by atoms with Gasteiger partial charge in [-0.05, 0) is 25.0 Å². The lowest BCUT2D eigenvalue weighted by atomic mass is 10.2. The van der Waals surface area contributed by atoms with Gasteiger partial charge in [0.15, 0.2) is 0 Å². The normalized spacial score (nSPS) is 15.7. The lowest BCUT2D eigenvalue weighted by Gasteiger charge is -2.11. The average Bonchev–Trinajstić information content (AvgIpc) is 3.29. The molecule has 0 bridgehead atoms. The monoisotopic (exact) mass is 284 g/mol. The Balaban J connectivity index is 1.92. The van der Waals surface area contributed by atoms with E-state index in [2.05, 4.69) is 10.4 Å². The van der Waals surface area contributed by atoms with E-state index < -0.39 is 0 Å². The van der Waals surface area contributed by atoms with Crippen LogP contribution in [0.5, 0.6) is 0 Å². The molecule has 21 heavy (non-hydrogen) atoms. The number of hydrogen-bond donors (Lipinski definition) is 2. The van der Waals surface area contributed by atoms with Gasteiger partial charge in [-0.3, -0.25) is 4.79 Å². The SMILES string of the molecule is CC(CN)C(=O)Nc1cc(C2CC2)nn1-c1ccccc1. The van der Waals surface area contributed by atoms with E-state index >= 15 is 0 Å². The Bertz CT molecular complexity index is 631. The maximum absolute atomic E-state index is 12.1. The van der Waals surface area contributed by atoms with Gasteiger partial charge in [-0.2, -0.15) is 5.10 Å². The number of aromatic nitrogens is 2. The molecule has 1 aliphatic rings. The zero-order valence-corrected chi connectivity index (χ0v) is 12.1. The lowest BCUT2D eigenvalue weighted by molar-refractivity contribution is -0.119. The third kappa shape index (κ3) is 2.97. The second kappa shape index (κ2) is 5.69. The fraction of sp³-hybridized carbons (Fsp3) is 0.375. The number of anilines is 1. The number of para-hydroxylation sites is 1. The van der Waals surface area contributed by atoms with Crippen LogP contribution in [0, 0.1) is 5.92 Å². The van der Waals surface area contributed by atoms with Crippen molar-refractivity contribution in [2.75, 3.05) is 11.9 Å². The highest BCUT2D eigenvalue weighted by atomic mass is 16.2. The molecule has 1 saturated carbocycles. The summed E-state index contributed by atoms with van der Waals surface area (Å²) in [7, 11) is 0. The number of rotatable bonds is 5. The number of carbonyl (C=O) groups excluding carboxylic acids is 1. The van der Waals surface area contributed by atoms with E-state index in [1.165, 1.54) is 12.8 Å². The first kappa shape index (κ1) is 13.8. The minimum atomic E-state index is -0.214. The third-order valence-corrected chi connectivity index (χ3v) is 3.78. The minimum Gasteiger partial charge on any atom is -0.330 e. The molecule has 1 atom stereocenters. The second-order valence-corrected chi connectivity index (χ2v) is 5.60. The lowest BCUT2D eigenvalue weighted by Crippen LogP contribution is -2.27. The van der Waals surface area contributed by atoms with Gasteiger partial charge < -0.3 is 11.1 Å². The van der Waals surface area contributed by atoms with E-state index in [1.807, 2.05) is 43.3 Å². The van der Waals surface area contributed by atoms with E-state index in [1.54, 1.807) is 4.68 Å². The van der Waals surface area contributed by atoms with Gasteiger partial charge in [0.2, 0.25) is 5.91 Å². The number of nitrogens with zero attached hydrogens (tertiary/aromatic N) is 2. The average molecular weight is 284 g/mol. The predicted molar refractivity (Wildman–Crippen MR) is 82.4 cm³/mol. The Morgan fingerprint density at radius 2 is 2.14 bits per heavy atom. The number of benzene rings is 1. The standard InChI is InChI=1S/C16H20N4O/c1-11(10-17)16(21)18-15-9-14(12-7-8-12)19-20(15)13-5-3-2-4-6-13/h2-6,9,11-12H,7-8,10,17H2,1H3,(H,18,21). The first-order valence-corrected chi connectivity index (χ1v) is 7.35. The Labute approximate surface area is 124 Å². The van der Waals surface area contributed by atoms with Crippen LogP contribution < -0.4 is 11.1 Å². The first-order chi connectivity index (χ1) is 10.2. The summed E-state index contributed by atoms with van der Waals surface area (Å²) >= 11 is 0. The highest BCUT2D eigenvalue weighted by Crippen LogP contribution is 2.40. The fourth-order valence-electron chi connectivity index (χ4n) is 2.19. The fourth-order valence-corrected chi connectivity index (χ4v) is 2.19. The molecule has 1 aromatic heterocycles. The minimum absolute atomic E-state index is 0.0723. The number of hydrogen-bond acceptors (Lipinski definition) is 3. The first-order valence-electron chi connectivity index (χ1n) is 7.35. The van der Waals surface area contributed by atoms with Gasteiger partial charge >= 0.3 is 0 Å². The molecule has 1 aliphatic carbocycles. The van der Waals surface area contributed by atoms with Crippen molar-refractivity contribution in [3.05, 3.63) is 42.1 Å². The molecule has 0 saturated heterocycles. The van der Waals surface area contributed by atoms with Crippen molar-refractivity contribution in [1.29, 1.82) is 0 Å². The Hall–Kier alpha value is -2.14. The van der Waals surface area contributed by atoms with Crippen LogP contribution in [0.4, 0.5) is 5.82 Å². The molecule has 1 amide bonds. The molecule has 1 heterocycles. The van der Waals surface area contributed by atoms with Crippen molar-refractivity contribution < 1.29 is 4.79 Å². The number of nitrogens with two attached hydrogens (primary N) is 1. The molecule has 1 unspecified atom stereocenters. The van der Waals surface area contributed by atoms with Gasteiger partial charge in [0.05, 0.1) is 11.4 Å². The van der Waals surface area contributed by atoms with Gasteiger partial charge in [0, 0.05) is 24.4 Å². The molecule has 5 heteroatoms. The van der Waals surface area contributed by atoms with Crippen LogP contribution in [0.3, 0.4) is 0 Å². The molecule has 1 aromatic carbocycles. The number of amides is 1. The Morgan fingerprint density at radius 3 is 2.76 bits per heavy atom. The van der Waals surface area contributed by atoms with Gasteiger partial charge in [-0.15, -0.1) is 0 Å². The van der Waals surface area contributed by atoms with Gasteiger partial charge in [0.25, 0.3) is 0 Å². The van der Waals surface area contributed by atoms with E-state index in [4.69, 9.17) is 5.73 Å². The summed E-state index contributed by atoms with van der Waals surface area (Å²) in [4.78, 5) is 12.1. The van der Waals surface area contributed by atoms with Crippen molar-refractivity contribution in [2.24, 2.45) is 11.7 Å². The largest absolute Gasteiger partial charge is 0.330 e. The smallest absolute Gasteiger partial charge is 0.229 e. The number of nitrogens with one attached hydrogen (secondary N) is 1. The predicted octanol–water partition coefficient (Wildman–Crippen LogP) is 2.28. The van der Waals surface area contributed by atoms with Crippen molar-refractivity contribution in [1.82, 2.24) is 9.78 Å². The van der Waals surface area contributed by atoms with Gasteiger partial charge in [0.1, 0.15) is 5.82 Å². The summed E-state index contributed by atoms with van der Waals surface area (Å²) in [5.41, 5.74) is 7.55. The van der Waals surface area contributed by atoms with Crippen molar-refractivity contribution >= 4 is 11.7 Å². The maximum atomic E-state index is 12.1. The summed E-state index contributed by atoms with van der Waals surface area (Å²) in [5.74, 6) is 0.969. The zero-order chi connectivity index (χ0) is 14.8. The van der Waals surface area contributed by atoms with E-state index in [0.717, 1.165) is 11.4 Å². The molecule has 0 spiro atoms. The van der Waals surface area contributed by atoms with Crippen molar-refractivity contribution in [3.63, 3.8) is 0 Å². The zero-order valence-electron chi connectivity index (χ0n) is 12.1. The van der Waals surface area contributed by atoms with Crippen LogP contribution >= 0.6 is 0 Å². The van der Waals surface area contributed by atoms with Gasteiger partial charge in [-0.1, -0.05) is 25.1 Å². The quantitative estimate of drug-likeness (QED) is 0.884. The molecule has 1 fully saturated rings. The summed E-state index contributed by atoms with van der Waals surface area (Å²) < 4.78 is 1.80. The Kier molecular flexibility index (Phi) is 3.75. The van der Waals surface area contributed by atoms with Crippen molar-refractivity contribution in [2.45, 2.75) is 25.7 Å². The van der Waals surface area contributed by atoms with Crippen LogP contribution in [-0.4, -0.2) is 22.2 Å². The molecule has 5 nitrogen and oxygen atoms in total. The summed E-state index contributed by atoms with van der Waals surface area (Å²) in [6, 6.07) is 11.8. The maximum Gasteiger partial charge on any atom is 0.229 e. The van der Waals surface area contributed by atoms with Crippen LogP contribution in [0.15, 0.2) is 36.4 Å². The molecule has 0 aliphatic heterocycles. The molecule has 110 valence electrons. The highest BCUT2D eigenvalue weighted by molar-refractivity contribution is 5.92. The van der Waals surface area contributed by atoms with Crippen LogP contribution in [0.25, 0.3) is 5.69 Å². The van der Waals surface area contributed by atoms with Crippen LogP contribution in [-0.2, 0) is 4.79 Å². The summed E-state index contributed by atoms with van der Waals surface area (Å²) in [5, 5.41) is 7.60. The van der Waals surface area contributed by atoms with E-state index in [0.29, 0.717) is 18.3 Å². The third-order valence-electron chi connectivity index (χ3n) is 3.78. The van der Waals surface area contributed by atoms with Crippen LogP contribution in [0.1, 0.15) is 31.4 Å². The van der Waals surface area contributed by atoms with Gasteiger partial charge in [-0.25, -0.2) is 4.68 Å².